The van der Waals surface area contributed by atoms with Crippen molar-refractivity contribution in [1.82, 2.24) is 19.9 Å². The fraction of sp³-hybridized carbons (Fsp3) is 0.889. The minimum absolute atomic E-state index is 0.0251. The van der Waals surface area contributed by atoms with Crippen LogP contribution in [0.2, 0.25) is 0 Å². The zero-order valence-electron chi connectivity index (χ0n) is 15.1. The Morgan fingerprint density at radius 3 is 2.70 bits per heavy atom. The second-order valence-corrected chi connectivity index (χ2v) is 8.71. The number of aromatic nitrogens is 3. The molecule has 23 heavy (non-hydrogen) atoms. The lowest BCUT2D eigenvalue weighted by Crippen LogP contribution is -2.48. The van der Waals surface area contributed by atoms with Crippen LogP contribution < -0.4 is 0 Å². The van der Waals surface area contributed by atoms with Gasteiger partial charge in [0.15, 0.2) is 0 Å². The van der Waals surface area contributed by atoms with E-state index in [1.807, 2.05) is 11.6 Å². The largest absolute Gasteiger partial charge is 0.390 e. The van der Waals surface area contributed by atoms with Crippen LogP contribution in [-0.4, -0.2) is 43.2 Å². The number of nitrogens with zero attached hydrogens (tertiary/aromatic N) is 4. The Bertz CT molecular complexity index is 531. The van der Waals surface area contributed by atoms with Crippen molar-refractivity contribution in [3.05, 3.63) is 11.9 Å². The highest BCUT2D eigenvalue weighted by Crippen LogP contribution is 2.41. The van der Waals surface area contributed by atoms with Gasteiger partial charge in [0.1, 0.15) is 0 Å². The molecule has 1 aliphatic heterocycles. The van der Waals surface area contributed by atoms with Gasteiger partial charge in [0.05, 0.1) is 23.0 Å². The quantitative estimate of drug-likeness (QED) is 0.930. The molecule has 3 unspecified atom stereocenters. The normalized spacial score (nSPS) is 33.3. The second-order valence-electron chi connectivity index (χ2n) is 8.71. The topological polar surface area (TPSA) is 54.2 Å². The van der Waals surface area contributed by atoms with Crippen LogP contribution in [0, 0.1) is 5.92 Å². The maximum absolute atomic E-state index is 10.8. The molecule has 1 saturated heterocycles. The average Bonchev–Trinajstić information content (AvgIpc) is 3.08. The Hall–Kier alpha value is -0.940. The highest BCUT2D eigenvalue weighted by Gasteiger charge is 2.43. The highest BCUT2D eigenvalue weighted by molar-refractivity contribution is 5.00. The minimum atomic E-state index is -0.505. The van der Waals surface area contributed by atoms with Crippen molar-refractivity contribution < 1.29 is 5.11 Å². The average molecular weight is 320 g/mol. The zero-order chi connectivity index (χ0) is 16.7. The first kappa shape index (κ1) is 16.9. The first-order valence-corrected chi connectivity index (χ1v) is 9.15. The molecule has 5 heteroatoms. The van der Waals surface area contributed by atoms with Crippen LogP contribution in [0.4, 0.5) is 0 Å². The molecule has 0 amide bonds. The van der Waals surface area contributed by atoms with Gasteiger partial charge in [-0.15, -0.1) is 5.10 Å². The van der Waals surface area contributed by atoms with Crippen LogP contribution in [0.3, 0.4) is 0 Å². The van der Waals surface area contributed by atoms with Gasteiger partial charge in [0.2, 0.25) is 0 Å². The number of aliphatic hydroxyl groups is 1. The summed E-state index contributed by atoms with van der Waals surface area (Å²) in [7, 11) is 0. The molecular formula is C18H32N4O. The molecule has 0 radical (unpaired) electrons. The van der Waals surface area contributed by atoms with E-state index < -0.39 is 5.60 Å². The van der Waals surface area contributed by atoms with Crippen molar-refractivity contribution in [2.75, 3.05) is 6.54 Å². The van der Waals surface area contributed by atoms with E-state index in [-0.39, 0.29) is 5.54 Å². The first-order chi connectivity index (χ1) is 10.8. The maximum atomic E-state index is 10.8. The Kier molecular flexibility index (Phi) is 4.53. The summed E-state index contributed by atoms with van der Waals surface area (Å²) in [5, 5.41) is 19.5. The van der Waals surface area contributed by atoms with Crippen molar-refractivity contribution in [3.63, 3.8) is 0 Å². The summed E-state index contributed by atoms with van der Waals surface area (Å²) in [6.45, 7) is 10.4. The zero-order valence-corrected chi connectivity index (χ0v) is 15.1. The lowest BCUT2D eigenvalue weighted by atomic mass is 9.72. The van der Waals surface area contributed by atoms with Crippen LogP contribution >= 0.6 is 0 Å². The van der Waals surface area contributed by atoms with Gasteiger partial charge in [-0.1, -0.05) is 18.1 Å². The van der Waals surface area contributed by atoms with E-state index in [0.717, 1.165) is 38.0 Å². The smallest absolute Gasteiger partial charge is 0.0967 e. The third-order valence-electron chi connectivity index (χ3n) is 5.72. The SMILES string of the molecule is CC1(O)CCCCC1C1CCCN1Cc1cn(C(C)(C)C)nn1. The van der Waals surface area contributed by atoms with Gasteiger partial charge in [0.25, 0.3) is 0 Å². The van der Waals surface area contributed by atoms with Crippen molar-refractivity contribution in [2.24, 2.45) is 5.92 Å². The van der Waals surface area contributed by atoms with Gasteiger partial charge >= 0.3 is 0 Å². The van der Waals surface area contributed by atoms with E-state index in [9.17, 15) is 5.11 Å². The number of rotatable bonds is 3. The lowest BCUT2D eigenvalue weighted by Gasteiger charge is -2.43. The van der Waals surface area contributed by atoms with Gasteiger partial charge in [-0.05, 0) is 59.9 Å². The summed E-state index contributed by atoms with van der Waals surface area (Å²) in [6, 6.07) is 0.491. The third-order valence-corrected chi connectivity index (χ3v) is 5.72. The molecule has 5 nitrogen and oxygen atoms in total. The minimum Gasteiger partial charge on any atom is -0.390 e. The summed E-state index contributed by atoms with van der Waals surface area (Å²) >= 11 is 0. The molecule has 2 aliphatic rings. The predicted molar refractivity (Wildman–Crippen MR) is 91.0 cm³/mol. The fourth-order valence-corrected chi connectivity index (χ4v) is 4.36. The van der Waals surface area contributed by atoms with E-state index >= 15 is 0 Å². The molecule has 1 aromatic heterocycles. The van der Waals surface area contributed by atoms with Gasteiger partial charge in [-0.2, -0.15) is 0 Å². The van der Waals surface area contributed by atoms with Gasteiger partial charge in [0, 0.05) is 18.5 Å². The van der Waals surface area contributed by atoms with Gasteiger partial charge in [-0.25, -0.2) is 4.68 Å². The van der Waals surface area contributed by atoms with Crippen LogP contribution in [0.1, 0.15) is 71.9 Å². The molecule has 0 bridgehead atoms. The van der Waals surface area contributed by atoms with Crippen LogP contribution in [-0.2, 0) is 12.1 Å². The third kappa shape index (κ3) is 3.61. The van der Waals surface area contributed by atoms with Gasteiger partial charge < -0.3 is 5.11 Å². The predicted octanol–water partition coefficient (Wildman–Crippen LogP) is 2.94. The second kappa shape index (κ2) is 6.17. The molecule has 1 aliphatic carbocycles. The summed E-state index contributed by atoms with van der Waals surface area (Å²) in [6.07, 6.45) is 9.03. The molecule has 1 aromatic rings. The monoisotopic (exact) mass is 320 g/mol. The van der Waals surface area contributed by atoms with Crippen LogP contribution in [0.25, 0.3) is 0 Å². The van der Waals surface area contributed by atoms with Crippen LogP contribution in [0.15, 0.2) is 6.20 Å². The Morgan fingerprint density at radius 1 is 1.26 bits per heavy atom. The molecule has 130 valence electrons. The van der Waals surface area contributed by atoms with Crippen molar-refractivity contribution in [3.8, 4) is 0 Å². The standard InChI is InChI=1S/C18H32N4O/c1-17(2,3)22-13-14(19-20-22)12-21-11-7-9-16(21)15-8-5-6-10-18(15,4)23/h13,15-16,23H,5-12H2,1-4H3. The Morgan fingerprint density at radius 2 is 2.04 bits per heavy atom. The van der Waals surface area contributed by atoms with Gasteiger partial charge in [-0.3, -0.25) is 4.90 Å². The molecule has 3 rings (SSSR count). The molecule has 2 fully saturated rings. The van der Waals surface area contributed by atoms with Crippen molar-refractivity contribution >= 4 is 0 Å². The maximum Gasteiger partial charge on any atom is 0.0967 e. The summed E-state index contributed by atoms with van der Waals surface area (Å²) < 4.78 is 1.95. The van der Waals surface area contributed by atoms with E-state index in [1.54, 1.807) is 0 Å². The van der Waals surface area contributed by atoms with Crippen molar-refractivity contribution in [2.45, 2.75) is 89.9 Å². The Balaban J connectivity index is 1.71. The molecular weight excluding hydrogens is 288 g/mol. The van der Waals surface area contributed by atoms with Crippen molar-refractivity contribution in [1.29, 1.82) is 0 Å². The summed E-state index contributed by atoms with van der Waals surface area (Å²) in [5.41, 5.74) is 0.513. The molecule has 0 spiro atoms. The van der Waals surface area contributed by atoms with E-state index in [1.165, 1.54) is 19.3 Å². The van der Waals surface area contributed by atoms with E-state index in [4.69, 9.17) is 0 Å². The van der Waals surface area contributed by atoms with E-state index in [2.05, 4.69) is 42.2 Å². The summed E-state index contributed by atoms with van der Waals surface area (Å²) in [5.74, 6) is 0.399. The number of hydrogen-bond donors (Lipinski definition) is 1. The van der Waals surface area contributed by atoms with E-state index in [0.29, 0.717) is 12.0 Å². The lowest BCUT2D eigenvalue weighted by molar-refractivity contribution is -0.0629. The molecule has 2 heterocycles. The Labute approximate surface area is 140 Å². The summed E-state index contributed by atoms with van der Waals surface area (Å²) in [4.78, 5) is 2.53. The molecule has 1 N–H and O–H groups in total. The first-order valence-electron chi connectivity index (χ1n) is 9.15. The number of likely N-dealkylation sites (tertiary alicyclic amines) is 1. The fourth-order valence-electron chi connectivity index (χ4n) is 4.36. The molecule has 1 saturated carbocycles. The molecule has 3 atom stereocenters. The molecule has 0 aromatic carbocycles. The number of hydrogen-bond acceptors (Lipinski definition) is 4. The highest BCUT2D eigenvalue weighted by atomic mass is 16.3. The van der Waals surface area contributed by atoms with Crippen LogP contribution in [0.5, 0.6) is 0 Å².